The van der Waals surface area contributed by atoms with E-state index in [2.05, 4.69) is 15.5 Å². The standard InChI is InChI=1S/C17H22ClN3O3/c1-13(22)20-16(12-14-2-4-15(18)5-3-14)17(23)19-6-7-21-8-10-24-11-9-21/h2-5,12H,6-11H2,1H3,(H,19,23)(H,20,22)/b16-12+. The first-order chi connectivity index (χ1) is 11.5. The van der Waals surface area contributed by atoms with Gasteiger partial charge in [-0.15, -0.1) is 0 Å². The van der Waals surface area contributed by atoms with Gasteiger partial charge in [0.25, 0.3) is 5.91 Å². The molecule has 0 radical (unpaired) electrons. The van der Waals surface area contributed by atoms with E-state index >= 15 is 0 Å². The van der Waals surface area contributed by atoms with Crippen LogP contribution in [0.2, 0.25) is 5.02 Å². The van der Waals surface area contributed by atoms with Crippen molar-refractivity contribution in [1.82, 2.24) is 15.5 Å². The zero-order valence-corrected chi connectivity index (χ0v) is 14.4. The fourth-order valence-electron chi connectivity index (χ4n) is 2.32. The van der Waals surface area contributed by atoms with Crippen molar-refractivity contribution in [1.29, 1.82) is 0 Å². The lowest BCUT2D eigenvalue weighted by molar-refractivity contribution is -0.122. The minimum atomic E-state index is -0.312. The molecule has 0 unspecified atom stereocenters. The molecule has 1 heterocycles. The number of carbonyl (C=O) groups is 2. The van der Waals surface area contributed by atoms with Gasteiger partial charge in [0, 0.05) is 38.1 Å². The second-order valence-corrected chi connectivity index (χ2v) is 5.94. The molecule has 7 heteroatoms. The van der Waals surface area contributed by atoms with E-state index in [1.807, 2.05) is 0 Å². The summed E-state index contributed by atoms with van der Waals surface area (Å²) < 4.78 is 5.29. The summed E-state index contributed by atoms with van der Waals surface area (Å²) in [4.78, 5) is 25.9. The Hall–Kier alpha value is -1.89. The first-order valence-corrected chi connectivity index (χ1v) is 8.25. The van der Waals surface area contributed by atoms with Gasteiger partial charge < -0.3 is 15.4 Å². The molecule has 0 aromatic heterocycles. The summed E-state index contributed by atoms with van der Waals surface area (Å²) in [6.07, 6.45) is 1.63. The van der Waals surface area contributed by atoms with Crippen LogP contribution >= 0.6 is 11.6 Å². The van der Waals surface area contributed by atoms with Crippen molar-refractivity contribution in [3.05, 3.63) is 40.5 Å². The summed E-state index contributed by atoms with van der Waals surface area (Å²) in [7, 11) is 0. The zero-order valence-electron chi connectivity index (χ0n) is 13.7. The predicted molar refractivity (Wildman–Crippen MR) is 93.5 cm³/mol. The lowest BCUT2D eigenvalue weighted by Gasteiger charge is -2.26. The van der Waals surface area contributed by atoms with Crippen molar-refractivity contribution in [3.63, 3.8) is 0 Å². The highest BCUT2D eigenvalue weighted by molar-refractivity contribution is 6.30. The van der Waals surface area contributed by atoms with Crippen LogP contribution in [0.25, 0.3) is 6.08 Å². The smallest absolute Gasteiger partial charge is 0.267 e. The number of nitrogens with zero attached hydrogens (tertiary/aromatic N) is 1. The van der Waals surface area contributed by atoms with Gasteiger partial charge in [0.05, 0.1) is 13.2 Å². The normalized spacial score (nSPS) is 15.8. The van der Waals surface area contributed by atoms with E-state index in [1.165, 1.54) is 6.92 Å². The number of benzene rings is 1. The number of carbonyl (C=O) groups excluding carboxylic acids is 2. The largest absolute Gasteiger partial charge is 0.379 e. The van der Waals surface area contributed by atoms with E-state index < -0.39 is 0 Å². The summed E-state index contributed by atoms with van der Waals surface area (Å²) in [5.74, 6) is -0.605. The highest BCUT2D eigenvalue weighted by atomic mass is 35.5. The van der Waals surface area contributed by atoms with Gasteiger partial charge in [-0.05, 0) is 23.8 Å². The Kier molecular flexibility index (Phi) is 7.24. The van der Waals surface area contributed by atoms with Gasteiger partial charge in [-0.3, -0.25) is 14.5 Å². The third kappa shape index (κ3) is 6.31. The molecule has 0 atom stereocenters. The molecule has 1 fully saturated rings. The number of halogens is 1. The van der Waals surface area contributed by atoms with Crippen LogP contribution in [-0.2, 0) is 14.3 Å². The number of nitrogens with one attached hydrogen (secondary N) is 2. The first kappa shape index (κ1) is 18.4. The second-order valence-electron chi connectivity index (χ2n) is 5.50. The van der Waals surface area contributed by atoms with Crippen molar-refractivity contribution in [2.24, 2.45) is 0 Å². The number of hydrogen-bond donors (Lipinski definition) is 2. The Labute approximate surface area is 146 Å². The Morgan fingerprint density at radius 1 is 1.25 bits per heavy atom. The van der Waals surface area contributed by atoms with Gasteiger partial charge in [0.15, 0.2) is 0 Å². The number of amides is 2. The number of ether oxygens (including phenoxy) is 1. The summed E-state index contributed by atoms with van der Waals surface area (Å²) in [6, 6.07) is 7.03. The molecule has 24 heavy (non-hydrogen) atoms. The lowest BCUT2D eigenvalue weighted by Crippen LogP contribution is -2.42. The van der Waals surface area contributed by atoms with Crippen LogP contribution in [0.3, 0.4) is 0 Å². The number of hydrogen-bond acceptors (Lipinski definition) is 4. The van der Waals surface area contributed by atoms with Crippen molar-refractivity contribution in [2.75, 3.05) is 39.4 Å². The summed E-state index contributed by atoms with van der Waals surface area (Å²) in [5.41, 5.74) is 0.998. The molecule has 1 aromatic carbocycles. The molecule has 2 N–H and O–H groups in total. The minimum Gasteiger partial charge on any atom is -0.379 e. The highest BCUT2D eigenvalue weighted by Crippen LogP contribution is 2.12. The summed E-state index contributed by atoms with van der Waals surface area (Å²) in [6.45, 7) is 5.82. The van der Waals surface area contributed by atoms with Gasteiger partial charge in [-0.2, -0.15) is 0 Å². The van der Waals surface area contributed by atoms with E-state index in [4.69, 9.17) is 16.3 Å². The average molecular weight is 352 g/mol. The minimum absolute atomic E-state index is 0.215. The molecular weight excluding hydrogens is 330 g/mol. The van der Waals surface area contributed by atoms with Crippen molar-refractivity contribution >= 4 is 29.5 Å². The van der Waals surface area contributed by atoms with Crippen molar-refractivity contribution < 1.29 is 14.3 Å². The maximum atomic E-state index is 12.3. The van der Waals surface area contributed by atoms with E-state index in [1.54, 1.807) is 30.3 Å². The van der Waals surface area contributed by atoms with Crippen LogP contribution in [0.5, 0.6) is 0 Å². The molecule has 2 rings (SSSR count). The average Bonchev–Trinajstić information content (AvgIpc) is 2.57. The van der Waals surface area contributed by atoms with Crippen molar-refractivity contribution in [3.8, 4) is 0 Å². The Balaban J connectivity index is 1.94. The molecule has 1 aromatic rings. The van der Waals surface area contributed by atoms with Crippen LogP contribution in [0.1, 0.15) is 12.5 Å². The van der Waals surface area contributed by atoms with Gasteiger partial charge in [-0.25, -0.2) is 0 Å². The SMILES string of the molecule is CC(=O)N/C(=C/c1ccc(Cl)cc1)C(=O)NCCN1CCOCC1. The third-order valence-electron chi connectivity index (χ3n) is 3.55. The Bertz CT molecular complexity index is 596. The number of rotatable bonds is 6. The molecule has 2 amide bonds. The molecule has 130 valence electrons. The van der Waals surface area contributed by atoms with E-state index in [0.717, 1.165) is 38.4 Å². The second kappa shape index (κ2) is 9.42. The van der Waals surface area contributed by atoms with Crippen LogP contribution in [0.15, 0.2) is 30.0 Å². The number of morpholine rings is 1. The van der Waals surface area contributed by atoms with Gasteiger partial charge in [0.1, 0.15) is 5.70 Å². The predicted octanol–water partition coefficient (Wildman–Crippen LogP) is 1.27. The molecule has 1 aliphatic heterocycles. The molecule has 0 aliphatic carbocycles. The van der Waals surface area contributed by atoms with Crippen LogP contribution < -0.4 is 10.6 Å². The topological polar surface area (TPSA) is 70.7 Å². The summed E-state index contributed by atoms with van der Waals surface area (Å²) >= 11 is 5.85. The molecule has 1 saturated heterocycles. The Morgan fingerprint density at radius 3 is 2.54 bits per heavy atom. The van der Waals surface area contributed by atoms with E-state index in [9.17, 15) is 9.59 Å². The quantitative estimate of drug-likeness (QED) is 0.757. The van der Waals surface area contributed by atoms with Crippen LogP contribution in [-0.4, -0.2) is 56.1 Å². The Morgan fingerprint density at radius 2 is 1.92 bits per heavy atom. The molecule has 1 aliphatic rings. The van der Waals surface area contributed by atoms with E-state index in [-0.39, 0.29) is 17.5 Å². The lowest BCUT2D eigenvalue weighted by atomic mass is 10.2. The van der Waals surface area contributed by atoms with Crippen LogP contribution in [0, 0.1) is 0 Å². The highest BCUT2D eigenvalue weighted by Gasteiger charge is 2.13. The third-order valence-corrected chi connectivity index (χ3v) is 3.81. The van der Waals surface area contributed by atoms with Gasteiger partial charge in [-0.1, -0.05) is 23.7 Å². The fraction of sp³-hybridized carbons (Fsp3) is 0.412. The molecular formula is C17H22ClN3O3. The van der Waals surface area contributed by atoms with Crippen LogP contribution in [0.4, 0.5) is 0 Å². The van der Waals surface area contributed by atoms with Gasteiger partial charge in [0.2, 0.25) is 5.91 Å². The summed E-state index contributed by atoms with van der Waals surface area (Å²) in [5, 5.41) is 6.03. The monoisotopic (exact) mass is 351 g/mol. The molecule has 0 spiro atoms. The van der Waals surface area contributed by atoms with Gasteiger partial charge >= 0.3 is 0 Å². The van der Waals surface area contributed by atoms with E-state index in [0.29, 0.717) is 11.6 Å². The first-order valence-electron chi connectivity index (χ1n) is 7.88. The maximum Gasteiger partial charge on any atom is 0.267 e. The maximum absolute atomic E-state index is 12.3. The zero-order chi connectivity index (χ0) is 17.4. The van der Waals surface area contributed by atoms with Crippen molar-refractivity contribution in [2.45, 2.75) is 6.92 Å². The molecule has 6 nitrogen and oxygen atoms in total. The molecule has 0 bridgehead atoms. The fourth-order valence-corrected chi connectivity index (χ4v) is 2.45. The molecule has 0 saturated carbocycles.